The van der Waals surface area contributed by atoms with Gasteiger partial charge < -0.3 is 15.8 Å². The Morgan fingerprint density at radius 2 is 2.05 bits per heavy atom. The van der Waals surface area contributed by atoms with Gasteiger partial charge in [-0.05, 0) is 30.7 Å². The molecule has 0 aliphatic rings. The predicted octanol–water partition coefficient (Wildman–Crippen LogP) is 2.25. The fraction of sp³-hybridized carbons (Fsp3) is 0.143. The molecular weight excluding hydrogens is 240 g/mol. The Bertz CT molecular complexity index is 610. The molecule has 3 N–H and O–H groups in total. The maximum absolute atomic E-state index is 8.71. The molecule has 0 saturated heterocycles. The molecule has 0 bridgehead atoms. The van der Waals surface area contributed by atoms with Crippen LogP contribution < -0.4 is 10.6 Å². The Morgan fingerprint density at radius 3 is 2.74 bits per heavy atom. The van der Waals surface area contributed by atoms with E-state index in [9.17, 15) is 0 Å². The first-order valence-corrected chi connectivity index (χ1v) is 5.87. The van der Waals surface area contributed by atoms with Crippen LogP contribution in [0.2, 0.25) is 0 Å². The van der Waals surface area contributed by atoms with Gasteiger partial charge >= 0.3 is 0 Å². The van der Waals surface area contributed by atoms with E-state index in [2.05, 4.69) is 10.1 Å². The molecule has 0 spiro atoms. The summed E-state index contributed by atoms with van der Waals surface area (Å²) in [4.78, 5) is 6.27. The third-order valence-electron chi connectivity index (χ3n) is 2.97. The molecule has 0 unspecified atom stereocenters. The molecule has 0 radical (unpaired) electrons. The Morgan fingerprint density at radius 1 is 1.32 bits per heavy atom. The van der Waals surface area contributed by atoms with Crippen LogP contribution in [0, 0.1) is 6.92 Å². The first kappa shape index (κ1) is 12.9. The number of aromatic nitrogens is 1. The maximum Gasteiger partial charge on any atom is 0.170 e. The van der Waals surface area contributed by atoms with Gasteiger partial charge in [0.05, 0.1) is 0 Å². The van der Waals surface area contributed by atoms with Crippen LogP contribution in [0.4, 0.5) is 11.5 Å². The van der Waals surface area contributed by atoms with Gasteiger partial charge in [-0.2, -0.15) is 0 Å². The van der Waals surface area contributed by atoms with E-state index >= 15 is 0 Å². The van der Waals surface area contributed by atoms with Gasteiger partial charge in [0.2, 0.25) is 0 Å². The van der Waals surface area contributed by atoms with Gasteiger partial charge in [-0.1, -0.05) is 23.4 Å². The molecule has 5 heteroatoms. The van der Waals surface area contributed by atoms with Crippen molar-refractivity contribution in [3.63, 3.8) is 0 Å². The van der Waals surface area contributed by atoms with Crippen molar-refractivity contribution in [2.45, 2.75) is 6.92 Å². The highest BCUT2D eigenvalue weighted by atomic mass is 16.4. The zero-order valence-corrected chi connectivity index (χ0v) is 10.9. The van der Waals surface area contributed by atoms with Crippen molar-refractivity contribution in [2.75, 3.05) is 11.9 Å². The molecule has 0 fully saturated rings. The zero-order chi connectivity index (χ0) is 13.8. The van der Waals surface area contributed by atoms with Gasteiger partial charge in [0.25, 0.3) is 0 Å². The molecule has 19 heavy (non-hydrogen) atoms. The molecule has 5 nitrogen and oxygen atoms in total. The molecule has 2 aromatic rings. The summed E-state index contributed by atoms with van der Waals surface area (Å²) >= 11 is 0. The van der Waals surface area contributed by atoms with Crippen LogP contribution in [0.3, 0.4) is 0 Å². The average Bonchev–Trinajstić information content (AvgIpc) is 2.46. The number of aryl methyl sites for hydroxylation is 1. The summed E-state index contributed by atoms with van der Waals surface area (Å²) in [6.45, 7) is 2.04. The molecule has 2 rings (SSSR count). The van der Waals surface area contributed by atoms with E-state index in [-0.39, 0.29) is 5.84 Å². The van der Waals surface area contributed by atoms with Crippen LogP contribution in [0.25, 0.3) is 0 Å². The van der Waals surface area contributed by atoms with Gasteiger partial charge in [-0.25, -0.2) is 4.98 Å². The van der Waals surface area contributed by atoms with Gasteiger partial charge in [-0.3, -0.25) is 0 Å². The number of nitrogens with two attached hydrogens (primary N) is 1. The Kier molecular flexibility index (Phi) is 3.66. The predicted molar refractivity (Wildman–Crippen MR) is 76.0 cm³/mol. The average molecular weight is 256 g/mol. The molecule has 1 aromatic heterocycles. The van der Waals surface area contributed by atoms with Crippen molar-refractivity contribution in [1.82, 2.24) is 4.98 Å². The quantitative estimate of drug-likeness (QED) is 0.382. The summed E-state index contributed by atoms with van der Waals surface area (Å²) in [7, 11) is 1.93. The van der Waals surface area contributed by atoms with Crippen molar-refractivity contribution >= 4 is 17.3 Å². The fourth-order valence-electron chi connectivity index (χ4n) is 1.88. The number of amidine groups is 1. The summed E-state index contributed by atoms with van der Waals surface area (Å²) in [6, 6.07) is 11.5. The molecule has 0 atom stereocenters. The normalized spacial score (nSPS) is 11.4. The van der Waals surface area contributed by atoms with E-state index < -0.39 is 0 Å². The van der Waals surface area contributed by atoms with Crippen LogP contribution in [0.1, 0.15) is 11.1 Å². The van der Waals surface area contributed by atoms with Gasteiger partial charge in [0.1, 0.15) is 5.82 Å². The lowest BCUT2D eigenvalue weighted by molar-refractivity contribution is 0.318. The molecule has 1 aromatic carbocycles. The highest BCUT2D eigenvalue weighted by Crippen LogP contribution is 2.25. The molecule has 98 valence electrons. The number of anilines is 2. The molecule has 1 heterocycles. The van der Waals surface area contributed by atoms with Crippen molar-refractivity contribution in [1.29, 1.82) is 0 Å². The number of oxime groups is 1. The minimum absolute atomic E-state index is 0.0711. The summed E-state index contributed by atoms with van der Waals surface area (Å²) < 4.78 is 0. The minimum atomic E-state index is 0.0711. The number of para-hydroxylation sites is 1. The largest absolute Gasteiger partial charge is 0.409 e. The third-order valence-corrected chi connectivity index (χ3v) is 2.97. The van der Waals surface area contributed by atoms with E-state index in [0.29, 0.717) is 5.56 Å². The van der Waals surface area contributed by atoms with E-state index in [0.717, 1.165) is 17.1 Å². The second-order valence-corrected chi connectivity index (χ2v) is 4.23. The van der Waals surface area contributed by atoms with Crippen LogP contribution >= 0.6 is 0 Å². The SMILES string of the molecule is Cc1ccccc1N(C)c1cc(C(N)=NO)ccn1. The zero-order valence-electron chi connectivity index (χ0n) is 10.9. The van der Waals surface area contributed by atoms with Gasteiger partial charge in [0, 0.05) is 24.5 Å². The first-order chi connectivity index (χ1) is 9.13. The Labute approximate surface area is 112 Å². The molecule has 0 saturated carbocycles. The minimum Gasteiger partial charge on any atom is -0.409 e. The monoisotopic (exact) mass is 256 g/mol. The molecule has 0 aliphatic heterocycles. The number of benzene rings is 1. The van der Waals surface area contributed by atoms with Crippen LogP contribution in [0.5, 0.6) is 0 Å². The number of nitrogens with zero attached hydrogens (tertiary/aromatic N) is 3. The van der Waals surface area contributed by atoms with Crippen molar-refractivity contribution in [3.8, 4) is 0 Å². The molecular formula is C14H16N4O. The summed E-state index contributed by atoms with van der Waals surface area (Å²) in [5.41, 5.74) is 8.43. The number of pyridine rings is 1. The van der Waals surface area contributed by atoms with Crippen LogP contribution in [0.15, 0.2) is 47.8 Å². The van der Waals surface area contributed by atoms with Crippen molar-refractivity contribution in [2.24, 2.45) is 10.9 Å². The van der Waals surface area contributed by atoms with Crippen molar-refractivity contribution in [3.05, 3.63) is 53.7 Å². The fourth-order valence-corrected chi connectivity index (χ4v) is 1.88. The van der Waals surface area contributed by atoms with Crippen LogP contribution in [-0.4, -0.2) is 23.1 Å². The maximum atomic E-state index is 8.71. The lowest BCUT2D eigenvalue weighted by Gasteiger charge is -2.20. The standard InChI is InChI=1S/C14H16N4O/c1-10-5-3-4-6-12(10)18(2)13-9-11(7-8-16-13)14(15)17-19/h3-9,19H,1-2H3,(H2,15,17). The number of hydrogen-bond acceptors (Lipinski definition) is 4. The highest BCUT2D eigenvalue weighted by Gasteiger charge is 2.09. The van der Waals surface area contributed by atoms with E-state index in [1.807, 2.05) is 43.1 Å². The highest BCUT2D eigenvalue weighted by molar-refractivity contribution is 5.97. The van der Waals surface area contributed by atoms with Crippen molar-refractivity contribution < 1.29 is 5.21 Å². The number of rotatable bonds is 3. The third kappa shape index (κ3) is 2.65. The summed E-state index contributed by atoms with van der Waals surface area (Å²) in [5, 5.41) is 11.7. The number of hydrogen-bond donors (Lipinski definition) is 2. The summed E-state index contributed by atoms with van der Waals surface area (Å²) in [5.74, 6) is 0.806. The Balaban J connectivity index is 2.40. The van der Waals surface area contributed by atoms with Gasteiger partial charge in [-0.15, -0.1) is 0 Å². The van der Waals surface area contributed by atoms with E-state index in [1.165, 1.54) is 0 Å². The smallest absolute Gasteiger partial charge is 0.170 e. The second-order valence-electron chi connectivity index (χ2n) is 4.23. The molecule has 0 amide bonds. The lowest BCUT2D eigenvalue weighted by Crippen LogP contribution is -2.16. The van der Waals surface area contributed by atoms with Gasteiger partial charge in [0.15, 0.2) is 5.84 Å². The lowest BCUT2D eigenvalue weighted by atomic mass is 10.2. The second kappa shape index (κ2) is 5.39. The molecule has 0 aliphatic carbocycles. The van der Waals surface area contributed by atoms with E-state index in [4.69, 9.17) is 10.9 Å². The topological polar surface area (TPSA) is 74.7 Å². The van der Waals surface area contributed by atoms with E-state index in [1.54, 1.807) is 18.3 Å². The Hall–Kier alpha value is -2.56. The first-order valence-electron chi connectivity index (χ1n) is 5.87. The summed E-state index contributed by atoms with van der Waals surface area (Å²) in [6.07, 6.45) is 1.64. The van der Waals surface area contributed by atoms with Crippen LogP contribution in [-0.2, 0) is 0 Å².